The average Bonchev–Trinajstić information content (AvgIpc) is 2.26. The number of primary amides is 1. The summed E-state index contributed by atoms with van der Waals surface area (Å²) in [7, 11) is 0. The maximum Gasteiger partial charge on any atom is 0.237 e. The lowest BCUT2D eigenvalue weighted by molar-refractivity contribution is -0.122. The Kier molecular flexibility index (Phi) is 3.88. The van der Waals surface area contributed by atoms with E-state index >= 15 is 0 Å². The zero-order chi connectivity index (χ0) is 12.1. The molecule has 2 amide bonds. The number of nitrogens with zero attached hydrogens (tertiary/aromatic N) is 1. The number of benzene rings is 1. The number of amides is 2. The number of aromatic hydroxyl groups is 1. The van der Waals surface area contributed by atoms with Gasteiger partial charge in [0, 0.05) is 12.1 Å². The highest BCUT2D eigenvalue weighted by molar-refractivity contribution is 5.98. The Labute approximate surface area is 93.5 Å². The van der Waals surface area contributed by atoms with Crippen LogP contribution in [0.25, 0.3) is 0 Å². The summed E-state index contributed by atoms with van der Waals surface area (Å²) in [6, 6.07) is 6.02. The zero-order valence-corrected chi connectivity index (χ0v) is 9.01. The molecule has 0 saturated carbocycles. The van der Waals surface area contributed by atoms with Gasteiger partial charge in [-0.1, -0.05) is 6.92 Å². The van der Waals surface area contributed by atoms with Crippen LogP contribution in [0.1, 0.15) is 13.3 Å². The fourth-order valence-corrected chi connectivity index (χ4v) is 1.30. The number of hydrogen-bond acceptors (Lipinski definition) is 3. The number of anilines is 1. The quantitative estimate of drug-likeness (QED) is 0.783. The van der Waals surface area contributed by atoms with E-state index in [9.17, 15) is 9.59 Å². The summed E-state index contributed by atoms with van der Waals surface area (Å²) in [5, 5.41) is 9.12. The molecule has 0 heterocycles. The fraction of sp³-hybridized carbons (Fsp3) is 0.273. The molecule has 0 aliphatic rings. The molecule has 0 atom stereocenters. The molecule has 5 heteroatoms. The fourth-order valence-electron chi connectivity index (χ4n) is 1.30. The summed E-state index contributed by atoms with van der Waals surface area (Å²) >= 11 is 0. The van der Waals surface area contributed by atoms with E-state index in [1.165, 1.54) is 17.0 Å². The molecule has 0 unspecified atom stereocenters. The Balaban J connectivity index is 2.96. The third-order valence-corrected chi connectivity index (χ3v) is 2.08. The summed E-state index contributed by atoms with van der Waals surface area (Å²) in [6.45, 7) is 1.55. The third kappa shape index (κ3) is 2.98. The molecule has 16 heavy (non-hydrogen) atoms. The molecule has 0 bridgehead atoms. The maximum atomic E-state index is 11.6. The van der Waals surface area contributed by atoms with E-state index in [-0.39, 0.29) is 24.6 Å². The van der Waals surface area contributed by atoms with Crippen LogP contribution < -0.4 is 10.6 Å². The number of hydrogen-bond donors (Lipinski definition) is 2. The van der Waals surface area contributed by atoms with Crippen molar-refractivity contribution in [2.45, 2.75) is 13.3 Å². The largest absolute Gasteiger partial charge is 0.508 e. The van der Waals surface area contributed by atoms with Crippen molar-refractivity contribution >= 4 is 17.5 Å². The van der Waals surface area contributed by atoms with E-state index in [0.29, 0.717) is 5.69 Å². The SMILES string of the molecule is CCC(=O)N(CC(N)=O)c1ccc(O)cc1. The Hall–Kier alpha value is -2.04. The smallest absolute Gasteiger partial charge is 0.237 e. The van der Waals surface area contributed by atoms with Crippen LogP contribution in [-0.4, -0.2) is 23.5 Å². The molecular formula is C11H14N2O3. The minimum atomic E-state index is -0.574. The molecule has 1 rings (SSSR count). The number of nitrogens with two attached hydrogens (primary N) is 1. The lowest BCUT2D eigenvalue weighted by atomic mass is 10.2. The Bertz CT molecular complexity index is 387. The lowest BCUT2D eigenvalue weighted by Gasteiger charge is -2.20. The first kappa shape index (κ1) is 12.0. The van der Waals surface area contributed by atoms with Crippen molar-refractivity contribution in [1.29, 1.82) is 0 Å². The van der Waals surface area contributed by atoms with Crippen molar-refractivity contribution in [3.8, 4) is 5.75 Å². The van der Waals surface area contributed by atoms with Gasteiger partial charge in [-0.3, -0.25) is 9.59 Å². The van der Waals surface area contributed by atoms with Crippen molar-refractivity contribution in [1.82, 2.24) is 0 Å². The molecule has 3 N–H and O–H groups in total. The number of rotatable bonds is 4. The first-order valence-electron chi connectivity index (χ1n) is 4.92. The van der Waals surface area contributed by atoms with Crippen molar-refractivity contribution < 1.29 is 14.7 Å². The Morgan fingerprint density at radius 3 is 2.31 bits per heavy atom. The van der Waals surface area contributed by atoms with Crippen LogP contribution in [-0.2, 0) is 9.59 Å². The molecular weight excluding hydrogens is 208 g/mol. The van der Waals surface area contributed by atoms with Gasteiger partial charge in [-0.2, -0.15) is 0 Å². The van der Waals surface area contributed by atoms with Crippen LogP contribution in [0, 0.1) is 0 Å². The van der Waals surface area contributed by atoms with Gasteiger partial charge in [0.25, 0.3) is 0 Å². The predicted octanol–water partition coefficient (Wildman–Crippen LogP) is 0.620. The van der Waals surface area contributed by atoms with E-state index in [2.05, 4.69) is 0 Å². The summed E-state index contributed by atoms with van der Waals surface area (Å²) in [5.41, 5.74) is 5.62. The van der Waals surface area contributed by atoms with Crippen LogP contribution in [0.15, 0.2) is 24.3 Å². The summed E-state index contributed by atoms with van der Waals surface area (Å²) in [5.74, 6) is -0.661. The van der Waals surface area contributed by atoms with E-state index in [1.807, 2.05) is 0 Å². The number of carbonyl (C=O) groups is 2. The molecule has 1 aromatic rings. The van der Waals surface area contributed by atoms with Gasteiger partial charge in [-0.15, -0.1) is 0 Å². The van der Waals surface area contributed by atoms with Gasteiger partial charge in [-0.05, 0) is 24.3 Å². The van der Waals surface area contributed by atoms with Gasteiger partial charge in [-0.25, -0.2) is 0 Å². The van der Waals surface area contributed by atoms with Gasteiger partial charge in [0.05, 0.1) is 0 Å². The Morgan fingerprint density at radius 1 is 1.31 bits per heavy atom. The van der Waals surface area contributed by atoms with E-state index < -0.39 is 5.91 Å². The molecule has 0 spiro atoms. The Morgan fingerprint density at radius 2 is 1.88 bits per heavy atom. The molecule has 1 aromatic carbocycles. The minimum absolute atomic E-state index is 0.103. The zero-order valence-electron chi connectivity index (χ0n) is 9.01. The second-order valence-corrected chi connectivity index (χ2v) is 3.32. The van der Waals surface area contributed by atoms with Crippen LogP contribution in [0.4, 0.5) is 5.69 Å². The minimum Gasteiger partial charge on any atom is -0.508 e. The molecule has 0 aromatic heterocycles. The average molecular weight is 222 g/mol. The standard InChI is InChI=1S/C11H14N2O3/c1-2-11(16)13(7-10(12)15)8-3-5-9(14)6-4-8/h3-6,14H,2,7H2,1H3,(H2,12,15). The second kappa shape index (κ2) is 5.16. The van der Waals surface area contributed by atoms with E-state index in [4.69, 9.17) is 10.8 Å². The highest BCUT2D eigenvalue weighted by Gasteiger charge is 2.15. The summed E-state index contributed by atoms with van der Waals surface area (Å²) < 4.78 is 0. The van der Waals surface area contributed by atoms with Crippen LogP contribution in [0.3, 0.4) is 0 Å². The molecule has 5 nitrogen and oxygen atoms in total. The molecule has 86 valence electrons. The van der Waals surface area contributed by atoms with Crippen molar-refractivity contribution in [2.24, 2.45) is 5.73 Å². The molecule has 0 radical (unpaired) electrons. The molecule has 0 saturated heterocycles. The first-order chi connectivity index (χ1) is 7.54. The number of carbonyl (C=O) groups excluding carboxylic acids is 2. The first-order valence-corrected chi connectivity index (χ1v) is 4.92. The monoisotopic (exact) mass is 222 g/mol. The van der Waals surface area contributed by atoms with Crippen molar-refractivity contribution in [2.75, 3.05) is 11.4 Å². The van der Waals surface area contributed by atoms with Crippen LogP contribution in [0.2, 0.25) is 0 Å². The molecule has 0 fully saturated rings. The highest BCUT2D eigenvalue weighted by atomic mass is 16.3. The second-order valence-electron chi connectivity index (χ2n) is 3.32. The third-order valence-electron chi connectivity index (χ3n) is 2.08. The topological polar surface area (TPSA) is 83.6 Å². The number of phenolic OH excluding ortho intramolecular Hbond substituents is 1. The van der Waals surface area contributed by atoms with Gasteiger partial charge in [0.1, 0.15) is 12.3 Å². The number of phenols is 1. The van der Waals surface area contributed by atoms with Gasteiger partial charge < -0.3 is 15.7 Å². The molecule has 0 aliphatic heterocycles. The van der Waals surface area contributed by atoms with E-state index in [0.717, 1.165) is 0 Å². The van der Waals surface area contributed by atoms with E-state index in [1.54, 1.807) is 19.1 Å². The van der Waals surface area contributed by atoms with Crippen LogP contribution in [0.5, 0.6) is 5.75 Å². The highest BCUT2D eigenvalue weighted by Crippen LogP contribution is 2.18. The van der Waals surface area contributed by atoms with Crippen LogP contribution >= 0.6 is 0 Å². The van der Waals surface area contributed by atoms with Gasteiger partial charge in [0.15, 0.2) is 0 Å². The van der Waals surface area contributed by atoms with Gasteiger partial charge in [0.2, 0.25) is 11.8 Å². The summed E-state index contributed by atoms with van der Waals surface area (Å²) in [6.07, 6.45) is 0.286. The van der Waals surface area contributed by atoms with Crippen molar-refractivity contribution in [3.63, 3.8) is 0 Å². The van der Waals surface area contributed by atoms with Crippen molar-refractivity contribution in [3.05, 3.63) is 24.3 Å². The normalized spacial score (nSPS) is 9.81. The van der Waals surface area contributed by atoms with Gasteiger partial charge >= 0.3 is 0 Å². The summed E-state index contributed by atoms with van der Waals surface area (Å²) in [4.78, 5) is 23.7. The predicted molar refractivity (Wildman–Crippen MR) is 59.9 cm³/mol. The molecule has 0 aliphatic carbocycles. The maximum absolute atomic E-state index is 11.6. The lowest BCUT2D eigenvalue weighted by Crippen LogP contribution is -2.38.